The number of amides is 1. The van der Waals surface area contributed by atoms with Crippen LogP contribution < -0.4 is 10.1 Å². The number of halogens is 5. The molecule has 0 fully saturated rings. The maximum Gasteiger partial charge on any atom is 0.407 e. The predicted molar refractivity (Wildman–Crippen MR) is 229 cm³/mol. The average molecular weight is 962 g/mol. The van der Waals surface area contributed by atoms with Crippen molar-refractivity contribution in [2.45, 2.75) is 12.3 Å². The Kier molecular flexibility index (Phi) is 28.0. The molecule has 1 N–H and O–H groups in total. The third kappa shape index (κ3) is 21.2. The van der Waals surface area contributed by atoms with Gasteiger partial charge >= 0.3 is 12.1 Å². The lowest BCUT2D eigenvalue weighted by atomic mass is 9.98. The second kappa shape index (κ2) is 34.0. The third-order valence-electron chi connectivity index (χ3n) is 9.42. The fraction of sp³-hybridized carbons (Fsp3) is 0.565. The van der Waals surface area contributed by atoms with Gasteiger partial charge in [-0.25, -0.2) is 18.0 Å². The summed E-state index contributed by atoms with van der Waals surface area (Å²) in [6.45, 7) is 8.11. The van der Waals surface area contributed by atoms with Crippen LogP contribution in [0.2, 0.25) is 0 Å². The molecule has 0 saturated carbocycles. The molecule has 0 spiro atoms. The second-order valence-electron chi connectivity index (χ2n) is 14.1. The summed E-state index contributed by atoms with van der Waals surface area (Å²) >= 11 is 0. The van der Waals surface area contributed by atoms with E-state index in [0.29, 0.717) is 125 Å². The summed E-state index contributed by atoms with van der Waals surface area (Å²) in [5.41, 5.74) is 4.70. The molecule has 0 unspecified atom stereocenters. The van der Waals surface area contributed by atoms with Gasteiger partial charge in [-0.15, -0.1) is 0 Å². The summed E-state index contributed by atoms with van der Waals surface area (Å²) < 4.78 is 136. The summed E-state index contributed by atoms with van der Waals surface area (Å²) in [6.07, 6.45) is -0.968. The molecule has 374 valence electrons. The lowest BCUT2D eigenvalue weighted by molar-refractivity contribution is -0.136. The minimum absolute atomic E-state index is 0.0162. The first-order valence-electron chi connectivity index (χ1n) is 22.0. The van der Waals surface area contributed by atoms with Crippen molar-refractivity contribution < 1.29 is 93.1 Å². The first-order valence-corrected chi connectivity index (χ1v) is 22.0. The number of benzene rings is 3. The van der Waals surface area contributed by atoms with Crippen LogP contribution in [0, 0.1) is 29.1 Å². The molecule has 16 nitrogen and oxygen atoms in total. The number of ether oxygens (including phenoxy) is 13. The Hall–Kier alpha value is -4.39. The molecule has 0 saturated heterocycles. The molecular formula is C46H60F5NO15. The van der Waals surface area contributed by atoms with Crippen LogP contribution >= 0.6 is 0 Å². The first kappa shape index (κ1) is 55.2. The van der Waals surface area contributed by atoms with E-state index in [1.165, 1.54) is 22.3 Å². The van der Waals surface area contributed by atoms with Crippen molar-refractivity contribution in [3.63, 3.8) is 0 Å². The number of fused-ring (bicyclic) bond motifs is 3. The quantitative estimate of drug-likeness (QED) is 0.0193. The Morgan fingerprint density at radius 1 is 0.418 bits per heavy atom. The van der Waals surface area contributed by atoms with E-state index in [2.05, 4.69) is 34.3 Å². The van der Waals surface area contributed by atoms with Crippen LogP contribution in [-0.4, -0.2) is 171 Å². The van der Waals surface area contributed by atoms with Crippen molar-refractivity contribution in [2.75, 3.05) is 159 Å². The Labute approximate surface area is 386 Å². The maximum absolute atomic E-state index is 13.6. The molecule has 3 aromatic carbocycles. The van der Waals surface area contributed by atoms with Crippen LogP contribution in [0.5, 0.6) is 5.75 Å². The standard InChI is InChI=1S/C46H60F5NO15/c47-40-41(48)43(50)45(44(51)42(40)49)67-39(53)9-11-55-13-15-57-17-19-59-21-23-61-25-27-63-29-31-65-32-30-64-28-26-62-24-22-60-20-18-58-16-14-56-12-10-52-46(54)66-33-38-36-7-3-1-5-34(36)35-6-2-4-8-37(35)38/h1-8,38H,9-33H2,(H,52,54). The molecule has 1 aliphatic rings. The molecule has 67 heavy (non-hydrogen) atoms. The molecule has 21 heteroatoms. The van der Waals surface area contributed by atoms with Crippen LogP contribution in [0.3, 0.4) is 0 Å². The number of esters is 1. The summed E-state index contributed by atoms with van der Waals surface area (Å²) in [4.78, 5) is 23.9. The van der Waals surface area contributed by atoms with Gasteiger partial charge in [0.05, 0.1) is 152 Å². The fourth-order valence-corrected chi connectivity index (χ4v) is 6.17. The number of hydrogen-bond acceptors (Lipinski definition) is 15. The smallest absolute Gasteiger partial charge is 0.407 e. The summed E-state index contributed by atoms with van der Waals surface area (Å²) in [6, 6.07) is 16.4. The second-order valence-corrected chi connectivity index (χ2v) is 14.1. The number of carbonyl (C=O) groups excluding carboxylic acids is 2. The van der Waals surface area contributed by atoms with E-state index in [1.807, 2.05) is 24.3 Å². The van der Waals surface area contributed by atoms with Crippen molar-refractivity contribution in [2.24, 2.45) is 0 Å². The Morgan fingerprint density at radius 3 is 1.10 bits per heavy atom. The van der Waals surface area contributed by atoms with Crippen LogP contribution in [0.1, 0.15) is 23.5 Å². The first-order chi connectivity index (χ1) is 32.8. The highest BCUT2D eigenvalue weighted by Crippen LogP contribution is 2.44. The van der Waals surface area contributed by atoms with Gasteiger partial charge < -0.3 is 66.9 Å². The van der Waals surface area contributed by atoms with Crippen molar-refractivity contribution >= 4 is 12.1 Å². The van der Waals surface area contributed by atoms with Crippen LogP contribution in [0.4, 0.5) is 26.7 Å². The van der Waals surface area contributed by atoms with Crippen molar-refractivity contribution in [1.82, 2.24) is 5.32 Å². The normalized spacial score (nSPS) is 12.1. The summed E-state index contributed by atoms with van der Waals surface area (Å²) in [5.74, 6) is -14.2. The molecular weight excluding hydrogens is 901 g/mol. The molecule has 0 heterocycles. The monoisotopic (exact) mass is 961 g/mol. The van der Waals surface area contributed by atoms with Gasteiger partial charge in [0.25, 0.3) is 0 Å². The zero-order valence-electron chi connectivity index (χ0n) is 37.4. The third-order valence-corrected chi connectivity index (χ3v) is 9.42. The SMILES string of the molecule is O=C(CCOCCOCCOCCOCCOCCOCCOCCOCCOCCOCCOCCNC(=O)OCC1c2ccccc2-c2ccccc21)Oc1c(F)c(F)c(F)c(F)c1F. The highest BCUT2D eigenvalue weighted by atomic mass is 19.2. The van der Waals surface area contributed by atoms with E-state index in [4.69, 9.17) is 56.8 Å². The van der Waals surface area contributed by atoms with Crippen molar-refractivity contribution in [3.8, 4) is 16.9 Å². The number of nitrogens with one attached hydrogen (secondary N) is 1. The number of rotatable bonds is 39. The van der Waals surface area contributed by atoms with E-state index in [0.717, 1.165) is 0 Å². The Balaban J connectivity index is 0.776. The molecule has 0 aromatic heterocycles. The zero-order chi connectivity index (χ0) is 47.7. The van der Waals surface area contributed by atoms with Gasteiger partial charge in [-0.2, -0.15) is 8.78 Å². The topological polar surface area (TPSA) is 166 Å². The number of carbonyl (C=O) groups is 2. The van der Waals surface area contributed by atoms with Crippen LogP contribution in [0.25, 0.3) is 11.1 Å². The van der Waals surface area contributed by atoms with Gasteiger partial charge in [-0.05, 0) is 22.3 Å². The largest absolute Gasteiger partial charge is 0.449 e. The van der Waals surface area contributed by atoms with Crippen molar-refractivity contribution in [3.05, 3.63) is 88.7 Å². The van der Waals surface area contributed by atoms with Gasteiger partial charge in [0, 0.05) is 12.5 Å². The van der Waals surface area contributed by atoms with Gasteiger partial charge in [-0.3, -0.25) is 4.79 Å². The summed E-state index contributed by atoms with van der Waals surface area (Å²) in [7, 11) is 0. The van der Waals surface area contributed by atoms with Gasteiger partial charge in [0.1, 0.15) is 6.61 Å². The number of hydrogen-bond donors (Lipinski definition) is 1. The van der Waals surface area contributed by atoms with Crippen LogP contribution in [0.15, 0.2) is 48.5 Å². The Bertz CT molecular complexity index is 1790. The molecule has 1 aliphatic carbocycles. The van der Waals surface area contributed by atoms with Gasteiger partial charge in [-0.1, -0.05) is 48.5 Å². The molecule has 1 amide bonds. The van der Waals surface area contributed by atoms with E-state index < -0.39 is 53.3 Å². The van der Waals surface area contributed by atoms with E-state index in [9.17, 15) is 31.5 Å². The van der Waals surface area contributed by atoms with Crippen molar-refractivity contribution in [1.29, 1.82) is 0 Å². The molecule has 0 bridgehead atoms. The molecule has 0 atom stereocenters. The van der Waals surface area contributed by atoms with Crippen LogP contribution in [-0.2, 0) is 61.6 Å². The molecule has 0 aliphatic heterocycles. The Morgan fingerprint density at radius 2 is 0.731 bits per heavy atom. The highest BCUT2D eigenvalue weighted by Gasteiger charge is 2.30. The lowest BCUT2D eigenvalue weighted by Gasteiger charge is -2.14. The zero-order valence-corrected chi connectivity index (χ0v) is 37.4. The predicted octanol–water partition coefficient (Wildman–Crippen LogP) is 5.40. The lowest BCUT2D eigenvalue weighted by Crippen LogP contribution is -2.29. The van der Waals surface area contributed by atoms with E-state index >= 15 is 0 Å². The maximum atomic E-state index is 13.6. The summed E-state index contributed by atoms with van der Waals surface area (Å²) in [5, 5.41) is 2.73. The fourth-order valence-electron chi connectivity index (χ4n) is 6.17. The van der Waals surface area contributed by atoms with E-state index in [1.54, 1.807) is 0 Å². The average Bonchev–Trinajstić information content (AvgIpc) is 3.66. The minimum Gasteiger partial charge on any atom is -0.449 e. The minimum atomic E-state index is -2.35. The number of alkyl carbamates (subject to hydrolysis) is 1. The van der Waals surface area contributed by atoms with E-state index in [-0.39, 0.29) is 39.0 Å². The van der Waals surface area contributed by atoms with Gasteiger partial charge in [0.15, 0.2) is 0 Å². The molecule has 3 aromatic rings. The highest BCUT2D eigenvalue weighted by molar-refractivity contribution is 5.79. The molecule has 4 rings (SSSR count). The van der Waals surface area contributed by atoms with Gasteiger partial charge in [0.2, 0.25) is 34.8 Å². The molecule has 0 radical (unpaired) electrons.